The summed E-state index contributed by atoms with van der Waals surface area (Å²) in [6.07, 6.45) is 0. The molecule has 19 heavy (non-hydrogen) atoms. The summed E-state index contributed by atoms with van der Waals surface area (Å²) in [7, 11) is 0. The molecule has 1 atom stereocenters. The van der Waals surface area contributed by atoms with Crippen molar-refractivity contribution in [2.75, 3.05) is 25.0 Å². The fraction of sp³-hybridized carbons (Fsp3) is 0.500. The molecule has 0 aromatic heterocycles. The Morgan fingerprint density at radius 3 is 2.42 bits per heavy atom. The van der Waals surface area contributed by atoms with Gasteiger partial charge in [0.1, 0.15) is 6.07 Å². The predicted octanol–water partition coefficient (Wildman–Crippen LogP) is 2.98. The Morgan fingerprint density at radius 2 is 1.89 bits per heavy atom. The average molecular weight is 267 g/mol. The second-order valence-electron chi connectivity index (χ2n) is 4.43. The summed E-state index contributed by atoms with van der Waals surface area (Å²) in [5.41, 5.74) is -0.185. The topological polar surface area (TPSA) is 39.1 Å². The number of rotatable bonds is 6. The summed E-state index contributed by atoms with van der Waals surface area (Å²) in [5, 5.41) is 11.6. The highest BCUT2D eigenvalue weighted by Gasteiger charge is 2.15. The van der Waals surface area contributed by atoms with Crippen LogP contribution in [-0.2, 0) is 0 Å². The maximum Gasteiger partial charge on any atom is 0.183 e. The molecule has 0 spiro atoms. The van der Waals surface area contributed by atoms with E-state index in [-0.39, 0.29) is 17.3 Å². The number of nitrogens with zero attached hydrogens (tertiary/aromatic N) is 2. The highest BCUT2D eigenvalue weighted by atomic mass is 19.2. The monoisotopic (exact) mass is 267 g/mol. The molecule has 0 fully saturated rings. The molecule has 0 saturated carbocycles. The molecule has 0 aliphatic heterocycles. The molecule has 1 unspecified atom stereocenters. The van der Waals surface area contributed by atoms with Crippen LogP contribution in [0.3, 0.4) is 0 Å². The summed E-state index contributed by atoms with van der Waals surface area (Å²) < 4.78 is 27.2. The third-order valence-corrected chi connectivity index (χ3v) is 3.03. The second-order valence-corrected chi connectivity index (χ2v) is 4.43. The molecule has 0 aliphatic carbocycles. The lowest BCUT2D eigenvalue weighted by Gasteiger charge is -2.24. The Bertz CT molecular complexity index is 464. The molecule has 0 bridgehead atoms. The highest BCUT2D eigenvalue weighted by molar-refractivity contribution is 5.50. The van der Waals surface area contributed by atoms with Gasteiger partial charge in [0.25, 0.3) is 0 Å². The van der Waals surface area contributed by atoms with E-state index in [9.17, 15) is 8.78 Å². The maximum absolute atomic E-state index is 13.7. The van der Waals surface area contributed by atoms with Gasteiger partial charge in [0, 0.05) is 12.6 Å². The number of hydrogen-bond donors (Lipinski definition) is 1. The molecule has 104 valence electrons. The summed E-state index contributed by atoms with van der Waals surface area (Å²) in [4.78, 5) is 2.19. The van der Waals surface area contributed by atoms with Crippen LogP contribution >= 0.6 is 0 Å². The molecule has 1 aromatic carbocycles. The van der Waals surface area contributed by atoms with Gasteiger partial charge < -0.3 is 10.2 Å². The molecular formula is C14H19F2N3. The van der Waals surface area contributed by atoms with Gasteiger partial charge in [-0.2, -0.15) is 5.26 Å². The molecule has 0 aliphatic rings. The number of nitriles is 1. The molecule has 3 nitrogen and oxygen atoms in total. The van der Waals surface area contributed by atoms with E-state index in [1.807, 2.05) is 6.92 Å². The average Bonchev–Trinajstić information content (AvgIpc) is 2.41. The normalized spacial score (nSPS) is 12.3. The van der Waals surface area contributed by atoms with Crippen molar-refractivity contribution in [1.29, 1.82) is 5.26 Å². The van der Waals surface area contributed by atoms with Crippen molar-refractivity contribution in [2.24, 2.45) is 0 Å². The van der Waals surface area contributed by atoms with E-state index in [0.29, 0.717) is 0 Å². The van der Waals surface area contributed by atoms with Crippen molar-refractivity contribution in [3.63, 3.8) is 0 Å². The van der Waals surface area contributed by atoms with Crippen LogP contribution in [0.4, 0.5) is 14.5 Å². The van der Waals surface area contributed by atoms with Gasteiger partial charge in [-0.25, -0.2) is 8.78 Å². The SMILES string of the molecule is CCN(CC)CC(C)Nc1ccc(C#N)c(F)c1F. The summed E-state index contributed by atoms with van der Waals surface area (Å²) >= 11 is 0. The Morgan fingerprint density at radius 1 is 1.26 bits per heavy atom. The first-order chi connectivity index (χ1) is 9.03. The van der Waals surface area contributed by atoms with Gasteiger partial charge in [-0.1, -0.05) is 13.8 Å². The van der Waals surface area contributed by atoms with Gasteiger partial charge in [0.15, 0.2) is 11.6 Å². The van der Waals surface area contributed by atoms with Crippen LogP contribution in [-0.4, -0.2) is 30.6 Å². The number of halogens is 2. The van der Waals surface area contributed by atoms with E-state index in [1.54, 1.807) is 6.07 Å². The van der Waals surface area contributed by atoms with Crippen LogP contribution in [0.5, 0.6) is 0 Å². The molecule has 1 N–H and O–H groups in total. The Balaban J connectivity index is 2.78. The predicted molar refractivity (Wildman–Crippen MR) is 71.9 cm³/mol. The van der Waals surface area contributed by atoms with Crippen molar-refractivity contribution in [1.82, 2.24) is 4.90 Å². The third-order valence-electron chi connectivity index (χ3n) is 3.03. The van der Waals surface area contributed by atoms with Gasteiger partial charge in [-0.05, 0) is 32.1 Å². The Hall–Kier alpha value is -1.67. The number of anilines is 1. The van der Waals surface area contributed by atoms with Crippen molar-refractivity contribution in [3.8, 4) is 6.07 Å². The Labute approximate surface area is 112 Å². The minimum Gasteiger partial charge on any atom is -0.379 e. The van der Waals surface area contributed by atoms with Crippen molar-refractivity contribution < 1.29 is 8.78 Å². The number of hydrogen-bond acceptors (Lipinski definition) is 3. The van der Waals surface area contributed by atoms with Crippen LogP contribution in [0.1, 0.15) is 26.3 Å². The van der Waals surface area contributed by atoms with Crippen LogP contribution in [0.25, 0.3) is 0 Å². The first kappa shape index (κ1) is 15.4. The number of benzene rings is 1. The summed E-state index contributed by atoms with van der Waals surface area (Å²) in [6, 6.07) is 4.28. The minimum absolute atomic E-state index is 0.0123. The van der Waals surface area contributed by atoms with Gasteiger partial charge in [-0.3, -0.25) is 0 Å². The highest BCUT2D eigenvalue weighted by Crippen LogP contribution is 2.20. The first-order valence-electron chi connectivity index (χ1n) is 6.40. The minimum atomic E-state index is -1.09. The summed E-state index contributed by atoms with van der Waals surface area (Å²) in [6.45, 7) is 8.58. The zero-order valence-electron chi connectivity index (χ0n) is 11.5. The molecule has 0 amide bonds. The standard InChI is InChI=1S/C14H19F2N3/c1-4-19(5-2)9-10(3)18-12-7-6-11(8-17)13(15)14(12)16/h6-7,10,18H,4-5,9H2,1-3H3. The smallest absolute Gasteiger partial charge is 0.183 e. The first-order valence-corrected chi connectivity index (χ1v) is 6.40. The van der Waals surface area contributed by atoms with Gasteiger partial charge >= 0.3 is 0 Å². The van der Waals surface area contributed by atoms with Crippen molar-refractivity contribution in [2.45, 2.75) is 26.8 Å². The molecule has 1 rings (SSSR count). The van der Waals surface area contributed by atoms with Crippen LogP contribution in [0.15, 0.2) is 12.1 Å². The quantitative estimate of drug-likeness (QED) is 0.861. The fourth-order valence-electron chi connectivity index (χ4n) is 1.93. The van der Waals surface area contributed by atoms with E-state index >= 15 is 0 Å². The fourth-order valence-corrected chi connectivity index (χ4v) is 1.93. The van der Waals surface area contributed by atoms with Crippen LogP contribution < -0.4 is 5.32 Å². The van der Waals surface area contributed by atoms with Crippen molar-refractivity contribution in [3.05, 3.63) is 29.3 Å². The van der Waals surface area contributed by atoms with Crippen LogP contribution in [0.2, 0.25) is 0 Å². The second kappa shape index (κ2) is 7.05. The van der Waals surface area contributed by atoms with E-state index in [1.165, 1.54) is 12.1 Å². The lowest BCUT2D eigenvalue weighted by Crippen LogP contribution is -2.35. The Kier molecular flexibility index (Phi) is 5.71. The van der Waals surface area contributed by atoms with E-state index in [4.69, 9.17) is 5.26 Å². The largest absolute Gasteiger partial charge is 0.379 e. The lowest BCUT2D eigenvalue weighted by molar-refractivity contribution is 0.294. The molecule has 1 aromatic rings. The molecule has 0 radical (unpaired) electrons. The molecular weight excluding hydrogens is 248 g/mol. The number of nitrogens with one attached hydrogen (secondary N) is 1. The van der Waals surface area contributed by atoms with E-state index in [0.717, 1.165) is 19.6 Å². The van der Waals surface area contributed by atoms with Crippen LogP contribution in [0, 0.1) is 23.0 Å². The number of likely N-dealkylation sites (N-methyl/N-ethyl adjacent to an activating group) is 1. The van der Waals surface area contributed by atoms with Gasteiger partial charge in [0.2, 0.25) is 0 Å². The third kappa shape index (κ3) is 3.90. The van der Waals surface area contributed by atoms with Gasteiger partial charge in [0.05, 0.1) is 11.3 Å². The summed E-state index contributed by atoms with van der Waals surface area (Å²) in [5.74, 6) is -2.09. The lowest BCUT2D eigenvalue weighted by atomic mass is 10.2. The van der Waals surface area contributed by atoms with E-state index in [2.05, 4.69) is 24.1 Å². The van der Waals surface area contributed by atoms with Gasteiger partial charge in [-0.15, -0.1) is 0 Å². The molecule has 0 saturated heterocycles. The zero-order valence-corrected chi connectivity index (χ0v) is 11.5. The molecule has 0 heterocycles. The zero-order chi connectivity index (χ0) is 14.4. The van der Waals surface area contributed by atoms with E-state index < -0.39 is 11.6 Å². The maximum atomic E-state index is 13.7. The van der Waals surface area contributed by atoms with Crippen molar-refractivity contribution >= 4 is 5.69 Å². The molecule has 5 heteroatoms.